The summed E-state index contributed by atoms with van der Waals surface area (Å²) in [6, 6.07) is -0.112. The van der Waals surface area contributed by atoms with Crippen LogP contribution in [0.4, 0.5) is 0 Å². The molecule has 0 bridgehead atoms. The molecule has 0 aromatic rings. The first kappa shape index (κ1) is 17.6. The molecule has 0 spiro atoms. The van der Waals surface area contributed by atoms with Crippen LogP contribution in [0.3, 0.4) is 0 Å². The fraction of sp³-hybridized carbons (Fsp3) is 0.158. The number of hydrogen-bond donors (Lipinski definition) is 2. The number of hydrogen-bond acceptors (Lipinski definition) is 1. The van der Waals surface area contributed by atoms with Gasteiger partial charge in [0, 0.05) is 6.08 Å². The van der Waals surface area contributed by atoms with E-state index in [9.17, 15) is 5.11 Å². The van der Waals surface area contributed by atoms with Crippen molar-refractivity contribution in [2.75, 3.05) is 0 Å². The second kappa shape index (κ2) is 13.0. The van der Waals surface area contributed by atoms with Gasteiger partial charge in [-0.1, -0.05) is 11.5 Å². The zero-order valence-electron chi connectivity index (χ0n) is 11.6. The highest BCUT2D eigenvalue weighted by molar-refractivity contribution is 4.94. The van der Waals surface area contributed by atoms with Crippen LogP contribution >= 0.6 is 0 Å². The molecular weight excluding hydrogens is 258 g/mol. The molecule has 0 fully saturated rings. The summed E-state index contributed by atoms with van der Waals surface area (Å²) in [5.41, 5.74) is 38.5. The lowest BCUT2D eigenvalue weighted by atomic mass is 10.2. The molecule has 0 aromatic heterocycles. The fourth-order valence-electron chi connectivity index (χ4n) is 0.684. The van der Waals surface area contributed by atoms with E-state index in [-0.39, 0.29) is 6.04 Å². The fourth-order valence-corrected chi connectivity index (χ4v) is 0.684. The monoisotopic (exact) mass is 270 g/mol. The van der Waals surface area contributed by atoms with Gasteiger partial charge in [-0.25, -0.2) is 0 Å². The molecule has 0 aliphatic carbocycles. The summed E-state index contributed by atoms with van der Waals surface area (Å²) >= 11 is 0. The van der Waals surface area contributed by atoms with E-state index in [4.69, 9.17) is 0 Å². The molecule has 0 unspecified atom stereocenters. The maximum Gasteiger partial charge on any atom is 0.131 e. The molecule has 2 heteroatoms. The summed E-state index contributed by atoms with van der Waals surface area (Å²) in [4.78, 5) is 0. The average molecular weight is 270 g/mol. The van der Waals surface area contributed by atoms with Gasteiger partial charge >= 0.3 is 0 Å². The highest BCUT2D eigenvalue weighted by Crippen LogP contribution is 1.86. The van der Waals surface area contributed by atoms with Crippen molar-refractivity contribution in [1.82, 2.24) is 0 Å². The van der Waals surface area contributed by atoms with Crippen LogP contribution in [0, 0.1) is 0 Å². The summed E-state index contributed by atoms with van der Waals surface area (Å²) in [6.45, 7) is 5.09. The van der Waals surface area contributed by atoms with Gasteiger partial charge in [0.05, 0.1) is 0 Å². The lowest BCUT2D eigenvalue weighted by molar-refractivity contribution is -0.427. The van der Waals surface area contributed by atoms with Crippen LogP contribution in [0.2, 0.25) is 0 Å². The second-order valence-corrected chi connectivity index (χ2v) is 3.46. The van der Waals surface area contributed by atoms with Crippen LogP contribution in [0.25, 0.3) is 0 Å². The molecule has 21 heavy (non-hydrogen) atoms. The summed E-state index contributed by atoms with van der Waals surface area (Å²) in [5.74, 6) is 0. The van der Waals surface area contributed by atoms with E-state index in [1.165, 1.54) is 6.08 Å². The minimum Gasteiger partial charge on any atom is -0.382 e. The van der Waals surface area contributed by atoms with Crippen molar-refractivity contribution < 1.29 is 10.8 Å². The Morgan fingerprint density at radius 2 is 1.19 bits per heavy atom. The molecule has 0 saturated carbocycles. The number of rotatable bonds is 2. The first-order chi connectivity index (χ1) is 10.2. The van der Waals surface area contributed by atoms with Gasteiger partial charge in [0.25, 0.3) is 0 Å². The Kier molecular flexibility index (Phi) is 10.9. The van der Waals surface area contributed by atoms with Crippen LogP contribution in [-0.2, 0) is 0 Å². The molecule has 0 rings (SSSR count). The molecule has 0 aliphatic heterocycles. The predicted octanol–water partition coefficient (Wildman–Crippen LogP) is 1.34. The quantitative estimate of drug-likeness (QED) is 0.731. The lowest BCUT2D eigenvalue weighted by Crippen LogP contribution is -2.64. The van der Waals surface area contributed by atoms with Crippen LogP contribution in [-0.4, -0.2) is 17.3 Å². The van der Waals surface area contributed by atoms with Crippen molar-refractivity contribution in [2.45, 2.75) is 19.1 Å². The molecule has 0 saturated heterocycles. The summed E-state index contributed by atoms with van der Waals surface area (Å²) < 4.78 is 0. The third-order valence-corrected chi connectivity index (χ3v) is 1.69. The Balaban J connectivity index is 5.44. The van der Waals surface area contributed by atoms with Crippen molar-refractivity contribution >= 4 is 0 Å². The molecule has 0 aliphatic rings. The maximum atomic E-state index is 9.37. The van der Waals surface area contributed by atoms with E-state index in [2.05, 4.69) is 92.5 Å². The van der Waals surface area contributed by atoms with Crippen molar-refractivity contribution in [3.8, 4) is 0 Å². The SMILES string of the molecule is C=C=C=C=C=C=C=C=C=C=C=C=C=C=C=C[C@H](O)[C@H](C)[NH3+]. The zero-order valence-corrected chi connectivity index (χ0v) is 11.6. The first-order valence-electron chi connectivity index (χ1n) is 5.80. The normalized spacial score (nSPS) is 8.71. The molecule has 2 nitrogen and oxygen atoms in total. The molecule has 0 radical (unpaired) electrons. The molecule has 0 amide bonds. The van der Waals surface area contributed by atoms with Gasteiger partial charge in [0.15, 0.2) is 0 Å². The second-order valence-electron chi connectivity index (χ2n) is 3.46. The van der Waals surface area contributed by atoms with Gasteiger partial charge in [0.1, 0.15) is 12.1 Å². The summed E-state index contributed by atoms with van der Waals surface area (Å²) in [6.07, 6.45) is 0.785. The maximum absolute atomic E-state index is 9.37. The van der Waals surface area contributed by atoms with E-state index < -0.39 is 6.10 Å². The summed E-state index contributed by atoms with van der Waals surface area (Å²) in [7, 11) is 0. The minimum absolute atomic E-state index is 0.112. The predicted molar refractivity (Wildman–Crippen MR) is 77.7 cm³/mol. The standard InChI is InChI=1S/C19H11NO/c1-3-4-5-6-7-8-9-10-11-12-13-14-15-16-17-19(21)18(2)20/h17-19,21H,1,20H2,2H3/p+1/t18-,19-/m0/s1. The van der Waals surface area contributed by atoms with E-state index in [1.807, 2.05) is 0 Å². The molecule has 0 aromatic carbocycles. The Hall–Kier alpha value is -3.42. The Morgan fingerprint density at radius 3 is 1.57 bits per heavy atom. The number of aliphatic hydroxyl groups excluding tert-OH is 1. The van der Waals surface area contributed by atoms with Gasteiger partial charge < -0.3 is 10.8 Å². The van der Waals surface area contributed by atoms with Gasteiger partial charge in [-0.3, -0.25) is 0 Å². The van der Waals surface area contributed by atoms with E-state index in [1.54, 1.807) is 6.92 Å². The van der Waals surface area contributed by atoms with Crippen molar-refractivity contribution in [3.63, 3.8) is 0 Å². The smallest absolute Gasteiger partial charge is 0.131 e. The Labute approximate surface area is 123 Å². The van der Waals surface area contributed by atoms with E-state index >= 15 is 0 Å². The topological polar surface area (TPSA) is 47.9 Å². The van der Waals surface area contributed by atoms with Crippen molar-refractivity contribution in [1.29, 1.82) is 0 Å². The molecule has 4 N–H and O–H groups in total. The number of quaternary nitrogens is 1. The van der Waals surface area contributed by atoms with Gasteiger partial charge in [0.2, 0.25) is 0 Å². The van der Waals surface area contributed by atoms with Gasteiger partial charge in [-0.2, -0.15) is 0 Å². The molecular formula is C19H12NO+. The van der Waals surface area contributed by atoms with Crippen LogP contribution < -0.4 is 5.73 Å². The Bertz CT molecular complexity index is 892. The highest BCUT2D eigenvalue weighted by Gasteiger charge is 2.06. The number of aliphatic hydroxyl groups is 1. The van der Waals surface area contributed by atoms with Crippen LogP contribution in [0.15, 0.2) is 92.9 Å². The third-order valence-electron chi connectivity index (χ3n) is 1.69. The van der Waals surface area contributed by atoms with Crippen molar-refractivity contribution in [3.05, 3.63) is 92.9 Å². The molecule has 0 heterocycles. The highest BCUT2D eigenvalue weighted by atomic mass is 16.3. The van der Waals surface area contributed by atoms with Crippen LogP contribution in [0.1, 0.15) is 6.92 Å². The first-order valence-corrected chi connectivity index (χ1v) is 5.80. The minimum atomic E-state index is -0.655. The van der Waals surface area contributed by atoms with E-state index in [0.29, 0.717) is 0 Å². The molecule has 2 atom stereocenters. The Morgan fingerprint density at radius 1 is 0.810 bits per heavy atom. The average Bonchev–Trinajstić information content (AvgIpc) is 2.47. The third kappa shape index (κ3) is 12.8. The van der Waals surface area contributed by atoms with E-state index in [0.717, 1.165) is 0 Å². The van der Waals surface area contributed by atoms with Crippen LogP contribution in [0.5, 0.6) is 0 Å². The van der Waals surface area contributed by atoms with Crippen molar-refractivity contribution in [2.24, 2.45) is 0 Å². The lowest BCUT2D eigenvalue weighted by Gasteiger charge is -2.02. The molecule has 98 valence electrons. The van der Waals surface area contributed by atoms with Gasteiger partial charge in [-0.05, 0) is 82.3 Å². The van der Waals surface area contributed by atoms with Gasteiger partial charge in [-0.15, -0.1) is 0 Å². The largest absolute Gasteiger partial charge is 0.382 e. The summed E-state index contributed by atoms with van der Waals surface area (Å²) in [5, 5.41) is 9.37. The zero-order chi connectivity index (χ0) is 15.8.